The average Bonchev–Trinajstić information content (AvgIpc) is 2.57. The highest BCUT2D eigenvalue weighted by atomic mass is 32.2. The molecule has 0 amide bonds. The predicted molar refractivity (Wildman–Crippen MR) is 71.9 cm³/mol. The van der Waals surface area contributed by atoms with Crippen molar-refractivity contribution in [1.29, 1.82) is 0 Å². The first-order chi connectivity index (χ1) is 8.03. The molecule has 1 aliphatic heterocycles. The molecule has 1 rings (SSSR count). The Morgan fingerprint density at radius 3 is 2.88 bits per heavy atom. The van der Waals surface area contributed by atoms with Gasteiger partial charge >= 0.3 is 0 Å². The first-order valence-electron chi connectivity index (χ1n) is 5.86. The van der Waals surface area contributed by atoms with Crippen LogP contribution in [0, 0.1) is 0 Å². The van der Waals surface area contributed by atoms with E-state index in [9.17, 15) is 8.42 Å². The molecule has 100 valence electrons. The Morgan fingerprint density at radius 1 is 1.53 bits per heavy atom. The zero-order chi connectivity index (χ0) is 12.7. The molecule has 5 nitrogen and oxygen atoms in total. The average molecular weight is 280 g/mol. The lowest BCUT2D eigenvalue weighted by molar-refractivity contribution is 0.145. The number of sulfone groups is 1. The van der Waals surface area contributed by atoms with Gasteiger partial charge < -0.3 is 15.4 Å². The normalized spacial score (nSPS) is 22.3. The summed E-state index contributed by atoms with van der Waals surface area (Å²) in [6.45, 7) is 4.14. The second-order valence-corrected chi connectivity index (χ2v) is 6.69. The molecular weight excluding hydrogens is 260 g/mol. The van der Waals surface area contributed by atoms with Crippen LogP contribution in [-0.2, 0) is 14.6 Å². The lowest BCUT2D eigenvalue weighted by atomic mass is 10.3. The minimum atomic E-state index is -2.84. The lowest BCUT2D eigenvalue weighted by Crippen LogP contribution is -2.42. The van der Waals surface area contributed by atoms with Crippen molar-refractivity contribution < 1.29 is 13.2 Å². The summed E-state index contributed by atoms with van der Waals surface area (Å²) in [5.41, 5.74) is 0. The van der Waals surface area contributed by atoms with Crippen molar-refractivity contribution in [3.05, 3.63) is 0 Å². The van der Waals surface area contributed by atoms with E-state index in [4.69, 9.17) is 17.0 Å². The number of nitrogens with one attached hydrogen (secondary N) is 2. The summed E-state index contributed by atoms with van der Waals surface area (Å²) in [5.74, 6) is 0.450. The molecule has 1 unspecified atom stereocenters. The maximum Gasteiger partial charge on any atom is 0.166 e. The Morgan fingerprint density at radius 2 is 2.29 bits per heavy atom. The molecule has 0 spiro atoms. The molecule has 7 heteroatoms. The maximum absolute atomic E-state index is 11.2. The van der Waals surface area contributed by atoms with Crippen LogP contribution in [0.1, 0.15) is 19.8 Å². The van der Waals surface area contributed by atoms with Crippen LogP contribution in [0.3, 0.4) is 0 Å². The number of hydrogen-bond donors (Lipinski definition) is 2. The summed E-state index contributed by atoms with van der Waals surface area (Å²) in [6.07, 6.45) is 1.53. The Labute approximate surface area is 108 Å². The van der Waals surface area contributed by atoms with Gasteiger partial charge in [-0.05, 0) is 32.0 Å². The maximum atomic E-state index is 11.2. The van der Waals surface area contributed by atoms with Gasteiger partial charge in [0.15, 0.2) is 14.9 Å². The van der Waals surface area contributed by atoms with Crippen LogP contribution < -0.4 is 10.6 Å². The highest BCUT2D eigenvalue weighted by Crippen LogP contribution is 2.10. The molecule has 0 aromatic carbocycles. The summed E-state index contributed by atoms with van der Waals surface area (Å²) < 4.78 is 27.7. The van der Waals surface area contributed by atoms with Crippen molar-refractivity contribution in [2.45, 2.75) is 25.8 Å². The second kappa shape index (κ2) is 7.13. The number of hydrogen-bond acceptors (Lipinski definition) is 4. The SMILES string of the molecule is CCOCCCNC(=S)NC1CCS(=O)(=O)C1. The fraction of sp³-hybridized carbons (Fsp3) is 0.900. The molecule has 0 saturated carbocycles. The van der Waals surface area contributed by atoms with Crippen molar-refractivity contribution in [1.82, 2.24) is 10.6 Å². The van der Waals surface area contributed by atoms with Gasteiger partial charge in [0.25, 0.3) is 0 Å². The smallest absolute Gasteiger partial charge is 0.166 e. The molecule has 2 N–H and O–H groups in total. The summed E-state index contributed by atoms with van der Waals surface area (Å²) in [5, 5.41) is 6.60. The van der Waals surface area contributed by atoms with Gasteiger partial charge in [-0.1, -0.05) is 0 Å². The number of ether oxygens (including phenoxy) is 1. The molecule has 0 aromatic heterocycles. The molecule has 0 aliphatic carbocycles. The van der Waals surface area contributed by atoms with Gasteiger partial charge in [-0.25, -0.2) is 8.42 Å². The molecule has 1 fully saturated rings. The second-order valence-electron chi connectivity index (χ2n) is 4.05. The van der Waals surface area contributed by atoms with Crippen molar-refractivity contribution in [2.75, 3.05) is 31.3 Å². The molecule has 1 aliphatic rings. The molecule has 0 aromatic rings. The summed E-state index contributed by atoms with van der Waals surface area (Å²) >= 11 is 5.09. The van der Waals surface area contributed by atoms with Crippen LogP contribution in [0.25, 0.3) is 0 Å². The first kappa shape index (κ1) is 14.7. The van der Waals surface area contributed by atoms with Gasteiger partial charge in [-0.15, -0.1) is 0 Å². The van der Waals surface area contributed by atoms with Gasteiger partial charge in [0.05, 0.1) is 11.5 Å². The standard InChI is InChI=1S/C10H20N2O3S2/c1-2-15-6-3-5-11-10(16)12-9-4-7-17(13,14)8-9/h9H,2-8H2,1H3,(H2,11,12,16). The third-order valence-electron chi connectivity index (χ3n) is 2.52. The van der Waals surface area contributed by atoms with E-state index < -0.39 is 9.84 Å². The molecule has 1 saturated heterocycles. The van der Waals surface area contributed by atoms with Crippen molar-refractivity contribution >= 4 is 27.2 Å². The van der Waals surface area contributed by atoms with Crippen LogP contribution in [0.2, 0.25) is 0 Å². The quantitative estimate of drug-likeness (QED) is 0.530. The van der Waals surface area contributed by atoms with E-state index in [1.54, 1.807) is 0 Å². The van der Waals surface area contributed by atoms with E-state index in [2.05, 4.69) is 10.6 Å². The van der Waals surface area contributed by atoms with Gasteiger partial charge in [0.2, 0.25) is 0 Å². The van der Waals surface area contributed by atoms with E-state index in [1.165, 1.54) is 0 Å². The Kier molecular flexibility index (Phi) is 6.15. The highest BCUT2D eigenvalue weighted by molar-refractivity contribution is 7.91. The third-order valence-corrected chi connectivity index (χ3v) is 4.55. The zero-order valence-corrected chi connectivity index (χ0v) is 11.7. The summed E-state index contributed by atoms with van der Waals surface area (Å²) in [4.78, 5) is 0. The van der Waals surface area contributed by atoms with Crippen LogP contribution in [0.4, 0.5) is 0 Å². The lowest BCUT2D eigenvalue weighted by Gasteiger charge is -2.14. The molecule has 0 radical (unpaired) electrons. The van der Waals surface area contributed by atoms with Gasteiger partial charge in [-0.3, -0.25) is 0 Å². The van der Waals surface area contributed by atoms with Gasteiger partial charge in [0.1, 0.15) is 0 Å². The van der Waals surface area contributed by atoms with Crippen molar-refractivity contribution in [2.24, 2.45) is 0 Å². The molecule has 17 heavy (non-hydrogen) atoms. The Balaban J connectivity index is 2.09. The van der Waals surface area contributed by atoms with Gasteiger partial charge in [-0.2, -0.15) is 0 Å². The molecular formula is C10H20N2O3S2. The predicted octanol–water partition coefficient (Wildman–Crippen LogP) is 0.0642. The van der Waals surface area contributed by atoms with E-state index in [1.807, 2.05) is 6.92 Å². The van der Waals surface area contributed by atoms with E-state index in [0.717, 1.165) is 19.6 Å². The van der Waals surface area contributed by atoms with Crippen LogP contribution in [0.5, 0.6) is 0 Å². The zero-order valence-electron chi connectivity index (χ0n) is 10.1. The monoisotopic (exact) mass is 280 g/mol. The molecule has 1 atom stereocenters. The van der Waals surface area contributed by atoms with Crippen LogP contribution in [0.15, 0.2) is 0 Å². The Bertz CT molecular complexity index is 343. The van der Waals surface area contributed by atoms with Crippen molar-refractivity contribution in [3.63, 3.8) is 0 Å². The van der Waals surface area contributed by atoms with E-state index in [0.29, 0.717) is 18.1 Å². The minimum absolute atomic E-state index is 0.0353. The topological polar surface area (TPSA) is 67.4 Å². The number of rotatable bonds is 6. The Hall–Kier alpha value is -0.400. The molecule has 0 bridgehead atoms. The molecule has 1 heterocycles. The van der Waals surface area contributed by atoms with Gasteiger partial charge in [0, 0.05) is 25.8 Å². The fourth-order valence-corrected chi connectivity index (χ4v) is 3.61. The highest BCUT2D eigenvalue weighted by Gasteiger charge is 2.27. The number of thiocarbonyl (C=S) groups is 1. The van der Waals surface area contributed by atoms with Crippen LogP contribution in [-0.4, -0.2) is 50.8 Å². The first-order valence-corrected chi connectivity index (χ1v) is 8.09. The van der Waals surface area contributed by atoms with E-state index in [-0.39, 0.29) is 17.5 Å². The van der Waals surface area contributed by atoms with E-state index >= 15 is 0 Å². The van der Waals surface area contributed by atoms with Crippen LogP contribution >= 0.6 is 12.2 Å². The minimum Gasteiger partial charge on any atom is -0.382 e. The van der Waals surface area contributed by atoms with Crippen molar-refractivity contribution in [3.8, 4) is 0 Å². The fourth-order valence-electron chi connectivity index (χ4n) is 1.67. The third kappa shape index (κ3) is 6.18. The largest absolute Gasteiger partial charge is 0.382 e. The summed E-state index contributed by atoms with van der Waals surface area (Å²) in [7, 11) is -2.84. The summed E-state index contributed by atoms with van der Waals surface area (Å²) in [6, 6.07) is -0.0353.